The van der Waals surface area contributed by atoms with Crippen LogP contribution in [0.4, 0.5) is 0 Å². The molecule has 2 rings (SSSR count). The van der Waals surface area contributed by atoms with Crippen LogP contribution < -0.4 is 10.5 Å². The summed E-state index contributed by atoms with van der Waals surface area (Å²) in [5.41, 5.74) is 7.04. The van der Waals surface area contributed by atoms with Gasteiger partial charge in [0.2, 0.25) is 0 Å². The maximum atomic E-state index is 6.04. The van der Waals surface area contributed by atoms with E-state index in [9.17, 15) is 0 Å². The van der Waals surface area contributed by atoms with E-state index in [2.05, 4.69) is 40.7 Å². The van der Waals surface area contributed by atoms with Crippen molar-refractivity contribution in [1.29, 1.82) is 0 Å². The van der Waals surface area contributed by atoms with E-state index < -0.39 is 0 Å². The Labute approximate surface area is 129 Å². The first kappa shape index (κ1) is 15.8. The number of nitrogens with zero attached hydrogens (tertiary/aromatic N) is 1. The Bertz CT molecular complexity index is 465. The lowest BCUT2D eigenvalue weighted by molar-refractivity contribution is -0.0969. The number of benzene rings is 1. The van der Waals surface area contributed by atoms with E-state index in [-0.39, 0.29) is 11.6 Å². The fraction of sp³-hybridized carbons (Fsp3) is 0.600. The van der Waals surface area contributed by atoms with Crippen molar-refractivity contribution >= 4 is 15.9 Å². The Morgan fingerprint density at radius 3 is 2.85 bits per heavy atom. The molecule has 1 unspecified atom stereocenters. The molecule has 0 aliphatic carbocycles. The number of halogens is 1. The summed E-state index contributed by atoms with van der Waals surface area (Å²) in [4.78, 5) is 2.38. The van der Waals surface area contributed by atoms with Crippen LogP contribution in [0.3, 0.4) is 0 Å². The molecule has 1 fully saturated rings. The molecular formula is C15H23BrN2O2. The molecule has 2 N–H and O–H groups in total. The summed E-state index contributed by atoms with van der Waals surface area (Å²) in [6.07, 6.45) is 0. The van der Waals surface area contributed by atoms with E-state index in [0.717, 1.165) is 35.5 Å². The molecule has 112 valence electrons. The van der Waals surface area contributed by atoms with Crippen molar-refractivity contribution < 1.29 is 9.47 Å². The van der Waals surface area contributed by atoms with Gasteiger partial charge in [0.1, 0.15) is 5.75 Å². The minimum atomic E-state index is -0.134. The molecule has 0 radical (unpaired) electrons. The van der Waals surface area contributed by atoms with Crippen molar-refractivity contribution in [3.05, 3.63) is 28.2 Å². The summed E-state index contributed by atoms with van der Waals surface area (Å²) in [6.45, 7) is 7.28. The van der Waals surface area contributed by atoms with Crippen LogP contribution in [0.5, 0.6) is 5.75 Å². The summed E-state index contributed by atoms with van der Waals surface area (Å²) < 4.78 is 12.3. The van der Waals surface area contributed by atoms with E-state index in [0.29, 0.717) is 6.54 Å². The van der Waals surface area contributed by atoms with Gasteiger partial charge in [0.15, 0.2) is 0 Å². The van der Waals surface area contributed by atoms with Crippen LogP contribution >= 0.6 is 15.9 Å². The normalized spacial score (nSPS) is 20.6. The third-order valence-electron chi connectivity index (χ3n) is 3.67. The lowest BCUT2D eigenvalue weighted by Gasteiger charge is -2.42. The molecule has 0 bridgehead atoms. The van der Waals surface area contributed by atoms with Gasteiger partial charge in [-0.3, -0.25) is 4.90 Å². The number of rotatable bonds is 4. The zero-order chi connectivity index (χ0) is 14.8. The van der Waals surface area contributed by atoms with Gasteiger partial charge in [-0.15, -0.1) is 0 Å². The number of methoxy groups -OCH3 is 1. The van der Waals surface area contributed by atoms with Crippen LogP contribution in [0.15, 0.2) is 22.7 Å². The highest BCUT2D eigenvalue weighted by molar-refractivity contribution is 9.10. The second-order valence-electron chi connectivity index (χ2n) is 5.72. The molecule has 1 aliphatic rings. The first-order valence-electron chi connectivity index (χ1n) is 6.88. The summed E-state index contributed by atoms with van der Waals surface area (Å²) in [7, 11) is 1.70. The summed E-state index contributed by atoms with van der Waals surface area (Å²) in [5.74, 6) is 0.882. The monoisotopic (exact) mass is 342 g/mol. The third kappa shape index (κ3) is 3.52. The van der Waals surface area contributed by atoms with Gasteiger partial charge in [-0.1, -0.05) is 15.9 Å². The first-order valence-corrected chi connectivity index (χ1v) is 7.67. The van der Waals surface area contributed by atoms with Crippen LogP contribution in [0.25, 0.3) is 0 Å². The lowest BCUT2D eigenvalue weighted by atomic mass is 10.00. The van der Waals surface area contributed by atoms with Gasteiger partial charge in [-0.05, 0) is 32.0 Å². The number of ether oxygens (including phenoxy) is 2. The fourth-order valence-corrected chi connectivity index (χ4v) is 3.14. The Morgan fingerprint density at radius 2 is 2.25 bits per heavy atom. The number of hydrogen-bond donors (Lipinski definition) is 1. The van der Waals surface area contributed by atoms with Crippen LogP contribution in [-0.4, -0.2) is 43.9 Å². The van der Waals surface area contributed by atoms with Crippen LogP contribution in [0.2, 0.25) is 0 Å². The quantitative estimate of drug-likeness (QED) is 0.913. The van der Waals surface area contributed by atoms with Gasteiger partial charge in [-0.25, -0.2) is 0 Å². The Morgan fingerprint density at radius 1 is 1.50 bits per heavy atom. The molecule has 0 aromatic heterocycles. The second kappa shape index (κ2) is 6.43. The van der Waals surface area contributed by atoms with Crippen LogP contribution in [-0.2, 0) is 4.74 Å². The molecule has 4 nitrogen and oxygen atoms in total. The molecule has 0 amide bonds. The number of hydrogen-bond acceptors (Lipinski definition) is 4. The molecule has 1 aromatic carbocycles. The molecule has 1 heterocycles. The third-order valence-corrected chi connectivity index (χ3v) is 4.16. The number of morpholine rings is 1. The molecule has 1 atom stereocenters. The minimum absolute atomic E-state index is 0.134. The molecule has 20 heavy (non-hydrogen) atoms. The standard InChI is InChI=1S/C15H23BrN2O2/c1-15(2)10-18(6-7-20-15)13(9-17)12-8-11(16)4-5-14(12)19-3/h4-5,8,13H,6-7,9-10,17H2,1-3H3. The molecule has 1 saturated heterocycles. The lowest BCUT2D eigenvalue weighted by Crippen LogP contribution is -2.50. The van der Waals surface area contributed by atoms with E-state index in [1.165, 1.54) is 0 Å². The van der Waals surface area contributed by atoms with Gasteiger partial charge < -0.3 is 15.2 Å². The van der Waals surface area contributed by atoms with Gasteiger partial charge in [0.25, 0.3) is 0 Å². The smallest absolute Gasteiger partial charge is 0.123 e. The highest BCUT2D eigenvalue weighted by atomic mass is 79.9. The highest BCUT2D eigenvalue weighted by Gasteiger charge is 2.32. The first-order chi connectivity index (χ1) is 9.46. The summed E-state index contributed by atoms with van der Waals surface area (Å²) in [5, 5.41) is 0. The predicted octanol–water partition coefficient (Wildman–Crippen LogP) is 2.57. The molecule has 5 heteroatoms. The van der Waals surface area contributed by atoms with Crippen molar-refractivity contribution in [2.24, 2.45) is 5.73 Å². The Hall–Kier alpha value is -0.620. The average Bonchev–Trinajstić information content (AvgIpc) is 2.39. The van der Waals surface area contributed by atoms with Gasteiger partial charge in [-0.2, -0.15) is 0 Å². The Balaban J connectivity index is 2.30. The van der Waals surface area contributed by atoms with Crippen molar-refractivity contribution in [3.8, 4) is 5.75 Å². The summed E-state index contributed by atoms with van der Waals surface area (Å²) >= 11 is 3.53. The summed E-state index contributed by atoms with van der Waals surface area (Å²) in [6, 6.07) is 6.21. The van der Waals surface area contributed by atoms with E-state index in [1.54, 1.807) is 7.11 Å². The zero-order valence-corrected chi connectivity index (χ0v) is 13.9. The molecule has 0 saturated carbocycles. The van der Waals surface area contributed by atoms with Crippen molar-refractivity contribution in [2.75, 3.05) is 33.4 Å². The fourth-order valence-electron chi connectivity index (χ4n) is 2.76. The minimum Gasteiger partial charge on any atom is -0.496 e. The van der Waals surface area contributed by atoms with Gasteiger partial charge in [0.05, 0.1) is 25.4 Å². The highest BCUT2D eigenvalue weighted by Crippen LogP contribution is 2.33. The van der Waals surface area contributed by atoms with Gasteiger partial charge in [0, 0.05) is 29.7 Å². The van der Waals surface area contributed by atoms with Crippen molar-refractivity contribution in [2.45, 2.75) is 25.5 Å². The topological polar surface area (TPSA) is 47.7 Å². The molecule has 0 spiro atoms. The van der Waals surface area contributed by atoms with Crippen LogP contribution in [0, 0.1) is 0 Å². The number of nitrogens with two attached hydrogens (primary N) is 1. The second-order valence-corrected chi connectivity index (χ2v) is 6.63. The van der Waals surface area contributed by atoms with E-state index >= 15 is 0 Å². The van der Waals surface area contributed by atoms with E-state index in [1.807, 2.05) is 12.1 Å². The maximum Gasteiger partial charge on any atom is 0.123 e. The SMILES string of the molecule is COc1ccc(Br)cc1C(CN)N1CCOC(C)(C)C1. The van der Waals surface area contributed by atoms with Gasteiger partial charge >= 0.3 is 0 Å². The Kier molecular flexibility index (Phi) is 5.07. The van der Waals surface area contributed by atoms with Crippen molar-refractivity contribution in [1.82, 2.24) is 4.90 Å². The molecule has 1 aliphatic heterocycles. The van der Waals surface area contributed by atoms with Crippen LogP contribution in [0.1, 0.15) is 25.5 Å². The van der Waals surface area contributed by atoms with E-state index in [4.69, 9.17) is 15.2 Å². The molecular weight excluding hydrogens is 320 g/mol. The average molecular weight is 343 g/mol. The van der Waals surface area contributed by atoms with Crippen molar-refractivity contribution in [3.63, 3.8) is 0 Å². The maximum absolute atomic E-state index is 6.04. The molecule has 1 aromatic rings. The largest absolute Gasteiger partial charge is 0.496 e. The zero-order valence-electron chi connectivity index (χ0n) is 12.4. The predicted molar refractivity (Wildman–Crippen MR) is 84.1 cm³/mol.